The molecule has 0 spiro atoms. The smallest absolute Gasteiger partial charge is 0.416 e. The molecule has 1 fully saturated rings. The van der Waals surface area contributed by atoms with Gasteiger partial charge in [0.25, 0.3) is 5.91 Å². The van der Waals surface area contributed by atoms with Gasteiger partial charge in [0.1, 0.15) is 18.0 Å². The number of ether oxygens (including phenoxy) is 2. The van der Waals surface area contributed by atoms with Crippen molar-refractivity contribution in [3.05, 3.63) is 113 Å². The van der Waals surface area contributed by atoms with E-state index in [1.165, 1.54) is 12.1 Å². The molecule has 1 unspecified atom stereocenters. The summed E-state index contributed by atoms with van der Waals surface area (Å²) in [4.78, 5) is 15.8. The van der Waals surface area contributed by atoms with Crippen molar-refractivity contribution in [2.45, 2.75) is 63.6 Å². The van der Waals surface area contributed by atoms with Crippen LogP contribution in [0.3, 0.4) is 0 Å². The van der Waals surface area contributed by atoms with E-state index in [2.05, 4.69) is 0 Å². The highest BCUT2D eigenvalue weighted by Crippen LogP contribution is 2.44. The van der Waals surface area contributed by atoms with Gasteiger partial charge in [-0.15, -0.1) is 0 Å². The molecule has 9 heteroatoms. The van der Waals surface area contributed by atoms with Crippen LogP contribution in [0.15, 0.2) is 79.0 Å². The minimum atomic E-state index is -4.44. The van der Waals surface area contributed by atoms with Crippen LogP contribution in [0.25, 0.3) is 5.69 Å². The molecular formula is C33H32F3N3O3. The van der Waals surface area contributed by atoms with Crippen molar-refractivity contribution in [1.82, 2.24) is 14.7 Å². The lowest BCUT2D eigenvalue weighted by atomic mass is 9.90. The standard InChI is InChI=1S/C33H32F3N3O3/c1-21-8-17-29(42-20-22-6-4-3-5-7-22)28(18-21)38-19-27-30(37-38)32(40)39(25-13-15-26(41-2)16-14-25)31(27)23-9-11-24(12-10-23)33(34,35)36/h3-12,17-19,25-26,31H,13-16,20H2,1-2H3. The monoisotopic (exact) mass is 575 g/mol. The zero-order valence-corrected chi connectivity index (χ0v) is 23.5. The van der Waals surface area contributed by atoms with E-state index in [0.29, 0.717) is 34.9 Å². The van der Waals surface area contributed by atoms with Gasteiger partial charge >= 0.3 is 6.18 Å². The molecule has 2 heterocycles. The fourth-order valence-corrected chi connectivity index (χ4v) is 6.06. The van der Waals surface area contributed by atoms with Crippen molar-refractivity contribution in [1.29, 1.82) is 0 Å². The summed E-state index contributed by atoms with van der Waals surface area (Å²) in [6.45, 7) is 2.33. The fraction of sp³-hybridized carbons (Fsp3) is 0.333. The van der Waals surface area contributed by atoms with E-state index in [4.69, 9.17) is 14.6 Å². The minimum Gasteiger partial charge on any atom is -0.487 e. The quantitative estimate of drug-likeness (QED) is 0.232. The Balaban J connectivity index is 1.37. The average Bonchev–Trinajstić information content (AvgIpc) is 3.54. The molecule has 2 aliphatic rings. The maximum Gasteiger partial charge on any atom is 0.416 e. The Morgan fingerprint density at radius 2 is 1.67 bits per heavy atom. The van der Waals surface area contributed by atoms with E-state index in [-0.39, 0.29) is 18.1 Å². The average molecular weight is 576 g/mol. The predicted octanol–water partition coefficient (Wildman–Crippen LogP) is 7.28. The maximum atomic E-state index is 14.0. The van der Waals surface area contributed by atoms with Crippen molar-refractivity contribution >= 4 is 5.91 Å². The molecule has 1 amide bonds. The van der Waals surface area contributed by atoms with Crippen LogP contribution in [0.2, 0.25) is 0 Å². The van der Waals surface area contributed by atoms with Gasteiger partial charge in [-0.05, 0) is 73.6 Å². The number of rotatable bonds is 7. The van der Waals surface area contributed by atoms with Crippen molar-refractivity contribution in [3.63, 3.8) is 0 Å². The number of amides is 1. The SMILES string of the molecule is COC1CCC(N2C(=O)c3nn(-c4cc(C)ccc4OCc4ccccc4)cc3C2c2ccc(C(F)(F)F)cc2)CC1. The molecule has 6 rings (SSSR count). The number of aromatic nitrogens is 2. The number of alkyl halides is 3. The number of nitrogens with zero attached hydrogens (tertiary/aromatic N) is 3. The number of carbonyl (C=O) groups excluding carboxylic acids is 1. The first kappa shape index (κ1) is 28.0. The Kier molecular flexibility index (Phi) is 7.53. The summed E-state index contributed by atoms with van der Waals surface area (Å²) in [5, 5.41) is 4.75. The van der Waals surface area contributed by atoms with Crippen LogP contribution in [0.1, 0.15) is 70.0 Å². The third-order valence-corrected chi connectivity index (χ3v) is 8.28. The van der Waals surface area contributed by atoms with Crippen molar-refractivity contribution < 1.29 is 27.4 Å². The summed E-state index contributed by atoms with van der Waals surface area (Å²) >= 11 is 0. The minimum absolute atomic E-state index is 0.0671. The lowest BCUT2D eigenvalue weighted by Gasteiger charge is -2.38. The van der Waals surface area contributed by atoms with Crippen molar-refractivity contribution in [2.75, 3.05) is 7.11 Å². The van der Waals surface area contributed by atoms with Crippen LogP contribution in [-0.4, -0.2) is 39.8 Å². The molecule has 1 atom stereocenters. The van der Waals surface area contributed by atoms with Gasteiger partial charge in [0, 0.05) is 24.9 Å². The normalized spacial score (nSPS) is 20.5. The number of carbonyl (C=O) groups is 1. The van der Waals surface area contributed by atoms with Crippen LogP contribution in [0.4, 0.5) is 13.2 Å². The number of methoxy groups -OCH3 is 1. The van der Waals surface area contributed by atoms with Crippen LogP contribution in [-0.2, 0) is 17.5 Å². The van der Waals surface area contributed by atoms with Gasteiger partial charge in [0.15, 0.2) is 5.69 Å². The molecule has 1 aliphatic carbocycles. The van der Waals surface area contributed by atoms with E-state index >= 15 is 0 Å². The van der Waals surface area contributed by atoms with E-state index in [9.17, 15) is 18.0 Å². The van der Waals surface area contributed by atoms with Gasteiger partial charge in [-0.3, -0.25) is 4.79 Å². The number of aryl methyl sites for hydroxylation is 1. The van der Waals surface area contributed by atoms with Gasteiger partial charge in [0.05, 0.1) is 17.7 Å². The highest BCUT2D eigenvalue weighted by atomic mass is 19.4. The summed E-state index contributed by atoms with van der Waals surface area (Å²) in [5.74, 6) is 0.396. The molecule has 42 heavy (non-hydrogen) atoms. The molecule has 0 N–H and O–H groups in total. The molecule has 1 saturated carbocycles. The van der Waals surface area contributed by atoms with Crippen LogP contribution >= 0.6 is 0 Å². The van der Waals surface area contributed by atoms with Crippen molar-refractivity contribution in [2.24, 2.45) is 0 Å². The second kappa shape index (κ2) is 11.3. The summed E-state index contributed by atoms with van der Waals surface area (Å²) < 4.78 is 53.5. The molecular weight excluding hydrogens is 543 g/mol. The maximum absolute atomic E-state index is 14.0. The third-order valence-electron chi connectivity index (χ3n) is 8.28. The summed E-state index contributed by atoms with van der Waals surface area (Å²) in [6.07, 6.45) is 0.648. The van der Waals surface area contributed by atoms with Gasteiger partial charge < -0.3 is 14.4 Å². The van der Waals surface area contributed by atoms with Gasteiger partial charge in [-0.1, -0.05) is 48.5 Å². The van der Waals surface area contributed by atoms with Gasteiger partial charge in [-0.25, -0.2) is 4.68 Å². The van der Waals surface area contributed by atoms with Gasteiger partial charge in [0.2, 0.25) is 0 Å². The molecule has 0 bridgehead atoms. The summed E-state index contributed by atoms with van der Waals surface area (Å²) in [5.41, 5.74) is 3.57. The Labute approximate surface area is 242 Å². The van der Waals surface area contributed by atoms with E-state index in [1.807, 2.05) is 66.6 Å². The zero-order valence-electron chi connectivity index (χ0n) is 23.5. The number of hydrogen-bond donors (Lipinski definition) is 0. The Bertz CT molecular complexity index is 1560. The topological polar surface area (TPSA) is 56.6 Å². The number of benzene rings is 3. The van der Waals surface area contributed by atoms with Gasteiger partial charge in [-0.2, -0.15) is 18.3 Å². The Hall–Kier alpha value is -4.11. The molecule has 3 aromatic carbocycles. The number of hydrogen-bond acceptors (Lipinski definition) is 4. The lowest BCUT2D eigenvalue weighted by Crippen LogP contribution is -2.42. The highest BCUT2D eigenvalue weighted by molar-refractivity contribution is 5.98. The Morgan fingerprint density at radius 1 is 0.952 bits per heavy atom. The van der Waals surface area contributed by atoms with Crippen LogP contribution < -0.4 is 4.74 Å². The molecule has 1 aromatic heterocycles. The first-order valence-corrected chi connectivity index (χ1v) is 14.1. The largest absolute Gasteiger partial charge is 0.487 e. The molecule has 0 radical (unpaired) electrons. The molecule has 4 aromatic rings. The second-order valence-corrected chi connectivity index (χ2v) is 11.0. The third kappa shape index (κ3) is 5.41. The summed E-state index contributed by atoms with van der Waals surface area (Å²) in [7, 11) is 1.69. The highest BCUT2D eigenvalue weighted by Gasteiger charge is 2.45. The number of fused-ring (bicyclic) bond motifs is 1. The van der Waals surface area contributed by atoms with Crippen LogP contribution in [0.5, 0.6) is 5.75 Å². The first-order valence-electron chi connectivity index (χ1n) is 14.1. The zero-order chi connectivity index (χ0) is 29.4. The van der Waals surface area contributed by atoms with E-state index in [1.54, 1.807) is 11.8 Å². The Morgan fingerprint density at radius 3 is 2.33 bits per heavy atom. The molecule has 1 aliphatic heterocycles. The number of halogens is 3. The fourth-order valence-electron chi connectivity index (χ4n) is 6.06. The van der Waals surface area contributed by atoms with Crippen LogP contribution in [0, 0.1) is 6.92 Å². The predicted molar refractivity (Wildman–Crippen MR) is 152 cm³/mol. The van der Waals surface area contributed by atoms with E-state index < -0.39 is 17.8 Å². The first-order chi connectivity index (χ1) is 20.2. The molecule has 6 nitrogen and oxygen atoms in total. The second-order valence-electron chi connectivity index (χ2n) is 11.0. The van der Waals surface area contributed by atoms with Crippen molar-refractivity contribution in [3.8, 4) is 11.4 Å². The van der Waals surface area contributed by atoms with E-state index in [0.717, 1.165) is 48.9 Å². The lowest BCUT2D eigenvalue weighted by molar-refractivity contribution is -0.137. The molecule has 0 saturated heterocycles. The molecule has 218 valence electrons. The summed E-state index contributed by atoms with van der Waals surface area (Å²) in [6, 6.07) is 20.1.